The van der Waals surface area contributed by atoms with E-state index >= 15 is 0 Å². The quantitative estimate of drug-likeness (QED) is 0.340. The lowest BCUT2D eigenvalue weighted by atomic mass is 9.50. The van der Waals surface area contributed by atoms with E-state index < -0.39 is 0 Å². The Morgan fingerprint density at radius 3 is 2.20 bits per heavy atom. The molecule has 1 aromatic carbocycles. The summed E-state index contributed by atoms with van der Waals surface area (Å²) < 4.78 is 5.71. The van der Waals surface area contributed by atoms with E-state index in [4.69, 9.17) is 4.74 Å². The lowest BCUT2D eigenvalue weighted by Crippen LogP contribution is -2.50. The Bertz CT molecular complexity index is 1050. The first-order chi connectivity index (χ1) is 16.7. The monoisotopic (exact) mass is 494 g/mol. The van der Waals surface area contributed by atoms with Crippen LogP contribution in [0.2, 0.25) is 0 Å². The van der Waals surface area contributed by atoms with Crippen molar-refractivity contribution in [3.8, 4) is 5.75 Å². The molecule has 6 heteroatoms. The van der Waals surface area contributed by atoms with Crippen LogP contribution in [0, 0.1) is 41.4 Å². The molecule has 1 saturated carbocycles. The number of hydrogen-bond acceptors (Lipinski definition) is 4. The van der Waals surface area contributed by atoms with E-state index in [1.807, 2.05) is 0 Å². The predicted octanol–water partition coefficient (Wildman–Crippen LogP) is 4.08. The fourth-order valence-corrected chi connectivity index (χ4v) is 8.29. The summed E-state index contributed by atoms with van der Waals surface area (Å²) >= 11 is 0. The van der Waals surface area contributed by atoms with Crippen LogP contribution >= 0.6 is 12.4 Å². The number of unbranched alkanes of at least 4 members (excludes halogenated alkanes) is 1. The molecule has 8 atom stereocenters. The number of carbonyl (C=O) groups excluding carboxylic acids is 2. The van der Waals surface area contributed by atoms with Gasteiger partial charge < -0.3 is 9.64 Å². The SMILES string of the molecule is COc1cccc2c1[C@@H]1CN(CCCCN3C(=O)[C@@H]4[C@H](C3=O)[C@@H]3C=C[C@H]4C4C=CC43)C[C@@H]1CC2.Cl. The Morgan fingerprint density at radius 2 is 1.54 bits per heavy atom. The second-order valence-corrected chi connectivity index (χ2v) is 11.4. The molecule has 5 aliphatic carbocycles. The molecule has 2 unspecified atom stereocenters. The van der Waals surface area contributed by atoms with Crippen LogP contribution in [-0.2, 0) is 16.0 Å². The van der Waals surface area contributed by atoms with Crippen LogP contribution in [0.4, 0.5) is 0 Å². The molecule has 35 heavy (non-hydrogen) atoms. The number of aryl methyl sites for hydroxylation is 1. The number of likely N-dealkylation sites (tertiary alicyclic amines) is 2. The van der Waals surface area contributed by atoms with Crippen LogP contribution in [-0.4, -0.2) is 54.9 Å². The molecule has 5 nitrogen and oxygen atoms in total. The highest BCUT2D eigenvalue weighted by molar-refractivity contribution is 6.06. The number of allylic oxidation sites excluding steroid dienone is 4. The zero-order valence-corrected chi connectivity index (χ0v) is 21.2. The van der Waals surface area contributed by atoms with Crippen molar-refractivity contribution >= 4 is 24.2 Å². The number of fused-ring (bicyclic) bond motifs is 3. The minimum atomic E-state index is -0.106. The van der Waals surface area contributed by atoms with Gasteiger partial charge in [0.25, 0.3) is 0 Å². The molecular weight excluding hydrogens is 460 g/mol. The number of rotatable bonds is 6. The van der Waals surface area contributed by atoms with E-state index in [0.717, 1.165) is 44.6 Å². The van der Waals surface area contributed by atoms with Gasteiger partial charge in [0.2, 0.25) is 11.8 Å². The smallest absolute Gasteiger partial charge is 0.233 e. The van der Waals surface area contributed by atoms with Gasteiger partial charge in [-0.1, -0.05) is 36.4 Å². The molecule has 0 spiro atoms. The number of methoxy groups -OCH3 is 1. The van der Waals surface area contributed by atoms with Gasteiger partial charge in [0.15, 0.2) is 0 Å². The standard InChI is InChI=1S/C29H34N2O3.ClH/c1-34-24-6-4-5-17-7-8-18-15-30(16-23(18)25(17)24)13-2-3-14-31-28(32)26-21-11-12-22(27(26)29(31)33)20-10-9-19(20)21;/h4-6,9-12,18-23,26-27H,2-3,7-8,13-16H2,1H3;1H/t18-,19?,20?,21-,22+,23+,26-,27+;/m0./s1. The highest BCUT2D eigenvalue weighted by Crippen LogP contribution is 2.58. The lowest BCUT2D eigenvalue weighted by Gasteiger charge is -2.51. The summed E-state index contributed by atoms with van der Waals surface area (Å²) in [7, 11) is 1.78. The average Bonchev–Trinajstić information content (AvgIpc) is 3.36. The van der Waals surface area contributed by atoms with Crippen molar-refractivity contribution < 1.29 is 14.3 Å². The number of imide groups is 1. The average molecular weight is 495 g/mol. The van der Waals surface area contributed by atoms with Crippen LogP contribution < -0.4 is 4.74 Å². The maximum atomic E-state index is 13.2. The number of hydrogen-bond donors (Lipinski definition) is 0. The molecule has 186 valence electrons. The third-order valence-electron chi connectivity index (χ3n) is 9.92. The Kier molecular flexibility index (Phi) is 5.84. The van der Waals surface area contributed by atoms with Gasteiger partial charge in [-0.15, -0.1) is 12.4 Å². The van der Waals surface area contributed by atoms with E-state index in [9.17, 15) is 9.59 Å². The van der Waals surface area contributed by atoms with Crippen LogP contribution in [0.15, 0.2) is 42.5 Å². The number of nitrogens with zero attached hydrogens (tertiary/aromatic N) is 2. The predicted molar refractivity (Wildman–Crippen MR) is 136 cm³/mol. The molecule has 3 fully saturated rings. The third-order valence-corrected chi connectivity index (χ3v) is 9.92. The number of ether oxygens (including phenoxy) is 1. The van der Waals surface area contributed by atoms with Gasteiger partial charge in [0, 0.05) is 31.1 Å². The summed E-state index contributed by atoms with van der Waals surface area (Å²) in [4.78, 5) is 30.7. The van der Waals surface area contributed by atoms with Gasteiger partial charge >= 0.3 is 0 Å². The highest BCUT2D eigenvalue weighted by Gasteiger charge is 2.62. The second kappa shape index (κ2) is 8.77. The molecule has 2 heterocycles. The number of carbonyl (C=O) groups is 2. The summed E-state index contributed by atoms with van der Waals surface area (Å²) in [5.74, 6) is 3.75. The van der Waals surface area contributed by atoms with Crippen LogP contribution in [0.25, 0.3) is 0 Å². The van der Waals surface area contributed by atoms with E-state index in [1.54, 1.807) is 12.0 Å². The molecule has 2 bridgehead atoms. The minimum Gasteiger partial charge on any atom is -0.496 e. The number of benzene rings is 1. The first-order valence-electron chi connectivity index (χ1n) is 13.3. The van der Waals surface area contributed by atoms with E-state index in [2.05, 4.69) is 47.4 Å². The summed E-state index contributed by atoms with van der Waals surface area (Å²) in [5, 5.41) is 0. The molecule has 2 saturated heterocycles. The van der Waals surface area contributed by atoms with Gasteiger partial charge in [-0.05, 0) is 73.4 Å². The number of halogens is 1. The topological polar surface area (TPSA) is 49.9 Å². The largest absolute Gasteiger partial charge is 0.496 e. The Morgan fingerprint density at radius 1 is 0.886 bits per heavy atom. The van der Waals surface area contributed by atoms with Crippen molar-refractivity contribution in [1.82, 2.24) is 9.80 Å². The van der Waals surface area contributed by atoms with E-state index in [-0.39, 0.29) is 47.9 Å². The molecule has 0 N–H and O–H groups in total. The molecule has 8 rings (SSSR count). The van der Waals surface area contributed by atoms with Gasteiger partial charge in [-0.2, -0.15) is 0 Å². The van der Waals surface area contributed by atoms with E-state index in [1.165, 1.54) is 17.5 Å². The fourth-order valence-electron chi connectivity index (χ4n) is 8.29. The highest BCUT2D eigenvalue weighted by atomic mass is 35.5. The van der Waals surface area contributed by atoms with Crippen LogP contribution in [0.3, 0.4) is 0 Å². The molecule has 2 amide bonds. The summed E-state index contributed by atoms with van der Waals surface area (Å²) in [6, 6.07) is 6.49. The van der Waals surface area contributed by atoms with Gasteiger partial charge in [-0.3, -0.25) is 14.5 Å². The summed E-state index contributed by atoms with van der Waals surface area (Å²) in [6.45, 7) is 3.87. The maximum absolute atomic E-state index is 13.2. The van der Waals surface area contributed by atoms with Crippen molar-refractivity contribution in [2.24, 2.45) is 41.4 Å². The summed E-state index contributed by atoms with van der Waals surface area (Å²) in [5.41, 5.74) is 2.90. The van der Waals surface area contributed by atoms with Crippen LogP contribution in [0.1, 0.15) is 36.3 Å². The first-order valence-corrected chi connectivity index (χ1v) is 13.3. The van der Waals surface area contributed by atoms with Crippen molar-refractivity contribution in [2.75, 3.05) is 33.3 Å². The van der Waals surface area contributed by atoms with Gasteiger partial charge in [-0.25, -0.2) is 0 Å². The van der Waals surface area contributed by atoms with Gasteiger partial charge in [0.1, 0.15) is 5.75 Å². The fraction of sp³-hybridized carbons (Fsp3) is 0.586. The molecule has 1 aromatic rings. The van der Waals surface area contributed by atoms with Crippen molar-refractivity contribution in [3.05, 3.63) is 53.6 Å². The Balaban J connectivity index is 0.00000229. The van der Waals surface area contributed by atoms with Gasteiger partial charge in [0.05, 0.1) is 18.9 Å². The molecular formula is C29H35ClN2O3. The molecule has 2 aliphatic heterocycles. The lowest BCUT2D eigenvalue weighted by molar-refractivity contribution is -0.140. The second-order valence-electron chi connectivity index (χ2n) is 11.4. The van der Waals surface area contributed by atoms with Crippen LogP contribution in [0.5, 0.6) is 5.75 Å². The maximum Gasteiger partial charge on any atom is 0.233 e. The normalized spacial score (nSPS) is 37.9. The van der Waals surface area contributed by atoms with E-state index in [0.29, 0.717) is 30.2 Å². The van der Waals surface area contributed by atoms with Crippen molar-refractivity contribution in [2.45, 2.75) is 31.6 Å². The zero-order valence-electron chi connectivity index (χ0n) is 20.3. The molecule has 7 aliphatic rings. The third kappa shape index (κ3) is 3.37. The Hall–Kier alpha value is -2.11. The summed E-state index contributed by atoms with van der Waals surface area (Å²) in [6.07, 6.45) is 13.3. The molecule has 0 aromatic heterocycles. The zero-order chi connectivity index (χ0) is 23.0. The van der Waals surface area contributed by atoms with Crippen molar-refractivity contribution in [3.63, 3.8) is 0 Å². The number of amides is 2. The first kappa shape index (κ1) is 23.3. The minimum absolute atomic E-state index is 0. The molecule has 0 radical (unpaired) electrons. The van der Waals surface area contributed by atoms with Crippen molar-refractivity contribution in [1.29, 1.82) is 0 Å². The Labute approximate surface area is 214 Å².